The zero-order valence-electron chi connectivity index (χ0n) is 14.3. The molecule has 1 aliphatic heterocycles. The topological polar surface area (TPSA) is 56.2 Å². The van der Waals surface area contributed by atoms with Crippen LogP contribution in [0.4, 0.5) is 8.78 Å². The predicted molar refractivity (Wildman–Crippen MR) is 87.9 cm³/mol. The first kappa shape index (κ1) is 17.5. The fourth-order valence-electron chi connectivity index (χ4n) is 3.24. The highest BCUT2D eigenvalue weighted by Gasteiger charge is 2.45. The second kappa shape index (κ2) is 6.92. The molecule has 2 aromatic rings. The summed E-state index contributed by atoms with van der Waals surface area (Å²) >= 11 is 0. The number of halogens is 2. The first-order valence-electron chi connectivity index (χ1n) is 8.32. The molecule has 1 atom stereocenters. The summed E-state index contributed by atoms with van der Waals surface area (Å²) < 4.78 is 35.4. The zero-order chi connectivity index (χ0) is 18.0. The standard InChI is InChI=1S/C18H21F2N3O2/c1-3-15-21-7-8-23(15)12(2)9-16(24)22-18(10-25-11-18)17-13(19)5-4-6-14(17)20/h4-8,12H,3,9-11H2,1-2H3,(H,22,24). The SMILES string of the molecule is CCc1nccn1C(C)CC(=O)NC1(c2c(F)cccc2F)COC1. The number of carbonyl (C=O) groups excluding carboxylic acids is 1. The molecule has 5 nitrogen and oxygen atoms in total. The quantitative estimate of drug-likeness (QED) is 0.872. The lowest BCUT2D eigenvalue weighted by atomic mass is 9.86. The average Bonchev–Trinajstić information content (AvgIpc) is 3.00. The van der Waals surface area contributed by atoms with Crippen LogP contribution in [0.2, 0.25) is 0 Å². The molecule has 134 valence electrons. The third-order valence-corrected chi connectivity index (χ3v) is 4.54. The van der Waals surface area contributed by atoms with E-state index in [0.29, 0.717) is 0 Å². The Bertz CT molecular complexity index is 751. The predicted octanol–water partition coefficient (Wildman–Crippen LogP) is 2.72. The number of imidazole rings is 1. The summed E-state index contributed by atoms with van der Waals surface area (Å²) in [5.74, 6) is -0.754. The molecule has 2 heterocycles. The van der Waals surface area contributed by atoms with Gasteiger partial charge in [0.05, 0.1) is 18.8 Å². The monoisotopic (exact) mass is 349 g/mol. The van der Waals surface area contributed by atoms with Crippen LogP contribution in [-0.4, -0.2) is 28.7 Å². The molecular weight excluding hydrogens is 328 g/mol. The van der Waals surface area contributed by atoms with E-state index in [1.807, 2.05) is 24.6 Å². The van der Waals surface area contributed by atoms with Gasteiger partial charge in [-0.1, -0.05) is 13.0 Å². The molecule has 1 aromatic heterocycles. The molecule has 1 aromatic carbocycles. The Morgan fingerprint density at radius 3 is 2.64 bits per heavy atom. The van der Waals surface area contributed by atoms with Crippen LogP contribution in [0.5, 0.6) is 0 Å². The summed E-state index contributed by atoms with van der Waals surface area (Å²) in [5, 5.41) is 2.78. The van der Waals surface area contributed by atoms with Crippen LogP contribution in [0, 0.1) is 11.6 Å². The van der Waals surface area contributed by atoms with Gasteiger partial charge in [0.25, 0.3) is 0 Å². The van der Waals surface area contributed by atoms with Gasteiger partial charge in [-0.15, -0.1) is 0 Å². The van der Waals surface area contributed by atoms with E-state index in [-0.39, 0.29) is 37.1 Å². The normalized spacial score (nSPS) is 17.0. The Hall–Kier alpha value is -2.28. The molecule has 1 fully saturated rings. The van der Waals surface area contributed by atoms with E-state index in [4.69, 9.17) is 4.74 Å². The maximum absolute atomic E-state index is 14.1. The molecule has 0 bridgehead atoms. The lowest BCUT2D eigenvalue weighted by Gasteiger charge is -2.42. The molecule has 1 amide bonds. The number of carbonyl (C=O) groups is 1. The van der Waals surface area contributed by atoms with E-state index in [1.165, 1.54) is 18.2 Å². The second-order valence-electron chi connectivity index (χ2n) is 6.38. The molecule has 1 aliphatic rings. The molecule has 1 N–H and O–H groups in total. The Kier molecular flexibility index (Phi) is 4.85. The number of nitrogens with zero attached hydrogens (tertiary/aromatic N) is 2. The summed E-state index contributed by atoms with van der Waals surface area (Å²) in [6.07, 6.45) is 4.47. The van der Waals surface area contributed by atoms with E-state index >= 15 is 0 Å². The van der Waals surface area contributed by atoms with Gasteiger partial charge in [0.1, 0.15) is 23.0 Å². The van der Waals surface area contributed by atoms with Gasteiger partial charge in [-0.3, -0.25) is 4.79 Å². The Morgan fingerprint density at radius 2 is 2.08 bits per heavy atom. The van der Waals surface area contributed by atoms with Crippen LogP contribution in [0.1, 0.15) is 37.7 Å². The highest BCUT2D eigenvalue weighted by molar-refractivity contribution is 5.77. The molecule has 3 rings (SSSR count). The molecule has 0 radical (unpaired) electrons. The van der Waals surface area contributed by atoms with E-state index in [9.17, 15) is 13.6 Å². The maximum Gasteiger partial charge on any atom is 0.222 e. The van der Waals surface area contributed by atoms with Crippen molar-refractivity contribution in [2.45, 2.75) is 38.3 Å². The smallest absolute Gasteiger partial charge is 0.222 e. The largest absolute Gasteiger partial charge is 0.376 e. The fraction of sp³-hybridized carbons (Fsp3) is 0.444. The average molecular weight is 349 g/mol. The number of benzene rings is 1. The Labute approximate surface area is 145 Å². The van der Waals surface area contributed by atoms with Crippen molar-refractivity contribution in [1.29, 1.82) is 0 Å². The number of aromatic nitrogens is 2. The van der Waals surface area contributed by atoms with E-state index in [0.717, 1.165) is 12.2 Å². The van der Waals surface area contributed by atoms with Crippen LogP contribution >= 0.6 is 0 Å². The van der Waals surface area contributed by atoms with E-state index < -0.39 is 17.2 Å². The molecule has 7 heteroatoms. The molecule has 0 aliphatic carbocycles. The van der Waals surface area contributed by atoms with Gasteiger partial charge in [-0.25, -0.2) is 13.8 Å². The summed E-state index contributed by atoms with van der Waals surface area (Å²) in [7, 11) is 0. The van der Waals surface area contributed by atoms with Gasteiger partial charge in [0.15, 0.2) is 0 Å². The van der Waals surface area contributed by atoms with Crippen molar-refractivity contribution in [2.75, 3.05) is 13.2 Å². The van der Waals surface area contributed by atoms with Crippen molar-refractivity contribution < 1.29 is 18.3 Å². The second-order valence-corrected chi connectivity index (χ2v) is 6.38. The summed E-state index contributed by atoms with van der Waals surface area (Å²) in [6.45, 7) is 4.01. The molecule has 25 heavy (non-hydrogen) atoms. The lowest BCUT2D eigenvalue weighted by molar-refractivity contribution is -0.135. The minimum Gasteiger partial charge on any atom is -0.376 e. The molecule has 0 saturated carbocycles. The third kappa shape index (κ3) is 3.28. The first-order valence-corrected chi connectivity index (χ1v) is 8.32. The van der Waals surface area contributed by atoms with Gasteiger partial charge in [0.2, 0.25) is 5.91 Å². The highest BCUT2D eigenvalue weighted by Crippen LogP contribution is 2.33. The Morgan fingerprint density at radius 1 is 1.40 bits per heavy atom. The number of ether oxygens (including phenoxy) is 1. The van der Waals surface area contributed by atoms with Crippen LogP contribution in [0.25, 0.3) is 0 Å². The first-order chi connectivity index (χ1) is 12.0. The van der Waals surface area contributed by atoms with Crippen LogP contribution in [0.3, 0.4) is 0 Å². The zero-order valence-corrected chi connectivity index (χ0v) is 14.3. The molecule has 0 spiro atoms. The van der Waals surface area contributed by atoms with Crippen LogP contribution < -0.4 is 5.32 Å². The number of hydrogen-bond donors (Lipinski definition) is 1. The van der Waals surface area contributed by atoms with Crippen molar-refractivity contribution >= 4 is 5.91 Å². The van der Waals surface area contributed by atoms with Crippen molar-refractivity contribution in [3.05, 3.63) is 53.6 Å². The highest BCUT2D eigenvalue weighted by atomic mass is 19.1. The van der Waals surface area contributed by atoms with Gasteiger partial charge in [-0.05, 0) is 19.1 Å². The van der Waals surface area contributed by atoms with Gasteiger partial charge >= 0.3 is 0 Å². The number of amides is 1. The van der Waals surface area contributed by atoms with Gasteiger partial charge in [-0.2, -0.15) is 0 Å². The van der Waals surface area contributed by atoms with Crippen LogP contribution in [-0.2, 0) is 21.5 Å². The summed E-state index contributed by atoms with van der Waals surface area (Å²) in [5.41, 5.74) is -1.28. The minimum atomic E-state index is -1.14. The lowest BCUT2D eigenvalue weighted by Crippen LogP contribution is -2.60. The van der Waals surface area contributed by atoms with Crippen molar-refractivity contribution in [3.63, 3.8) is 0 Å². The van der Waals surface area contributed by atoms with Gasteiger partial charge in [0, 0.05) is 31.3 Å². The summed E-state index contributed by atoms with van der Waals surface area (Å²) in [6, 6.07) is 3.57. The molecule has 1 saturated heterocycles. The van der Waals surface area contributed by atoms with E-state index in [1.54, 1.807) is 6.20 Å². The minimum absolute atomic E-state index is 0.0518. The molecule has 1 unspecified atom stereocenters. The van der Waals surface area contributed by atoms with Gasteiger partial charge < -0.3 is 14.6 Å². The van der Waals surface area contributed by atoms with Crippen molar-refractivity contribution in [3.8, 4) is 0 Å². The molecular formula is C18H21F2N3O2. The summed E-state index contributed by atoms with van der Waals surface area (Å²) in [4.78, 5) is 16.8. The third-order valence-electron chi connectivity index (χ3n) is 4.54. The maximum atomic E-state index is 14.1. The Balaban J connectivity index is 1.75. The van der Waals surface area contributed by atoms with E-state index in [2.05, 4.69) is 10.3 Å². The number of rotatable bonds is 6. The van der Waals surface area contributed by atoms with Crippen LogP contribution in [0.15, 0.2) is 30.6 Å². The number of nitrogens with one attached hydrogen (secondary N) is 1. The van der Waals surface area contributed by atoms with Crippen molar-refractivity contribution in [1.82, 2.24) is 14.9 Å². The fourth-order valence-corrected chi connectivity index (χ4v) is 3.24. The van der Waals surface area contributed by atoms with Crippen molar-refractivity contribution in [2.24, 2.45) is 0 Å². The number of aryl methyl sites for hydroxylation is 1. The number of hydrogen-bond acceptors (Lipinski definition) is 3.